The van der Waals surface area contributed by atoms with E-state index in [9.17, 15) is 9.59 Å². The smallest absolute Gasteiger partial charge is 0.338 e. The van der Waals surface area contributed by atoms with Crippen LogP contribution in [0, 0.1) is 0 Å². The second-order valence-electron chi connectivity index (χ2n) is 5.53. The van der Waals surface area contributed by atoms with Crippen molar-refractivity contribution in [3.63, 3.8) is 0 Å². The summed E-state index contributed by atoms with van der Waals surface area (Å²) in [6, 6.07) is 7.23. The summed E-state index contributed by atoms with van der Waals surface area (Å²) in [6.45, 7) is 0.385. The standard InChI is InChI=1S/C16H11ClN6O3/c17-11-3-1-9(2-4-11)7-22-13-12(6-19-22)20-16(21-14(13)24)23-8-10(5-18-23)15(25)26/h1-6,8H,7H2,(H,25,26)(H,20,21,24). The van der Waals surface area contributed by atoms with Crippen molar-refractivity contribution in [3.05, 3.63) is 69.4 Å². The second kappa shape index (κ2) is 6.12. The van der Waals surface area contributed by atoms with E-state index in [0.717, 1.165) is 5.56 Å². The summed E-state index contributed by atoms with van der Waals surface area (Å²) < 4.78 is 2.74. The Hall–Kier alpha value is -3.46. The van der Waals surface area contributed by atoms with Crippen molar-refractivity contribution in [1.29, 1.82) is 0 Å². The fourth-order valence-electron chi connectivity index (χ4n) is 2.53. The molecule has 0 aliphatic heterocycles. The average molecular weight is 371 g/mol. The third kappa shape index (κ3) is 2.84. The van der Waals surface area contributed by atoms with Crippen LogP contribution in [0.5, 0.6) is 0 Å². The normalized spacial score (nSPS) is 11.1. The molecule has 3 aromatic heterocycles. The van der Waals surface area contributed by atoms with Crippen LogP contribution >= 0.6 is 11.6 Å². The molecule has 0 amide bonds. The first-order valence-corrected chi connectivity index (χ1v) is 7.87. The van der Waals surface area contributed by atoms with E-state index in [-0.39, 0.29) is 11.5 Å². The summed E-state index contributed by atoms with van der Waals surface area (Å²) in [6.07, 6.45) is 3.92. The van der Waals surface area contributed by atoms with E-state index in [1.54, 1.807) is 16.8 Å². The maximum atomic E-state index is 12.5. The van der Waals surface area contributed by atoms with Gasteiger partial charge in [-0.15, -0.1) is 0 Å². The van der Waals surface area contributed by atoms with Gasteiger partial charge >= 0.3 is 5.97 Å². The summed E-state index contributed by atoms with van der Waals surface area (Å²) in [5, 5.41) is 17.7. The number of benzene rings is 1. The van der Waals surface area contributed by atoms with Crippen molar-refractivity contribution in [2.45, 2.75) is 6.54 Å². The van der Waals surface area contributed by atoms with Gasteiger partial charge in [-0.3, -0.25) is 14.5 Å². The summed E-state index contributed by atoms with van der Waals surface area (Å²) >= 11 is 5.88. The van der Waals surface area contributed by atoms with Gasteiger partial charge in [0.2, 0.25) is 5.95 Å². The third-order valence-corrected chi connectivity index (χ3v) is 4.03. The number of aromatic nitrogens is 6. The highest BCUT2D eigenvalue weighted by Crippen LogP contribution is 2.14. The second-order valence-corrected chi connectivity index (χ2v) is 5.97. The van der Waals surface area contributed by atoms with E-state index in [1.807, 2.05) is 12.1 Å². The topological polar surface area (TPSA) is 119 Å². The van der Waals surface area contributed by atoms with Crippen molar-refractivity contribution >= 4 is 28.6 Å². The highest BCUT2D eigenvalue weighted by Gasteiger charge is 2.14. The largest absolute Gasteiger partial charge is 0.478 e. The first-order valence-electron chi connectivity index (χ1n) is 7.50. The van der Waals surface area contributed by atoms with Crippen LogP contribution in [0.15, 0.2) is 47.7 Å². The summed E-state index contributed by atoms with van der Waals surface area (Å²) in [4.78, 5) is 30.4. The van der Waals surface area contributed by atoms with E-state index in [2.05, 4.69) is 20.2 Å². The number of aromatic amines is 1. The Balaban J connectivity index is 1.74. The van der Waals surface area contributed by atoms with E-state index in [0.29, 0.717) is 22.6 Å². The Morgan fingerprint density at radius 1 is 1.19 bits per heavy atom. The van der Waals surface area contributed by atoms with Crippen molar-refractivity contribution in [2.24, 2.45) is 0 Å². The van der Waals surface area contributed by atoms with Gasteiger partial charge in [-0.25, -0.2) is 14.5 Å². The fourth-order valence-corrected chi connectivity index (χ4v) is 2.66. The third-order valence-electron chi connectivity index (χ3n) is 3.78. The molecule has 9 nitrogen and oxygen atoms in total. The van der Waals surface area contributed by atoms with E-state index < -0.39 is 11.5 Å². The first kappa shape index (κ1) is 16.0. The number of aromatic carboxylic acids is 1. The molecular weight excluding hydrogens is 360 g/mol. The zero-order chi connectivity index (χ0) is 18.3. The van der Waals surface area contributed by atoms with Crippen LogP contribution in [0.25, 0.3) is 17.0 Å². The van der Waals surface area contributed by atoms with Crippen molar-refractivity contribution in [3.8, 4) is 5.95 Å². The van der Waals surface area contributed by atoms with Crippen LogP contribution in [0.4, 0.5) is 0 Å². The van der Waals surface area contributed by atoms with Gasteiger partial charge < -0.3 is 5.11 Å². The number of carbonyl (C=O) groups is 1. The van der Waals surface area contributed by atoms with Crippen LogP contribution in [-0.2, 0) is 6.54 Å². The number of hydrogen-bond donors (Lipinski definition) is 2. The van der Waals surface area contributed by atoms with Gasteiger partial charge in [0.1, 0.15) is 5.52 Å². The molecule has 3 heterocycles. The Morgan fingerprint density at radius 2 is 1.96 bits per heavy atom. The zero-order valence-electron chi connectivity index (χ0n) is 13.1. The number of nitrogens with one attached hydrogen (secondary N) is 1. The van der Waals surface area contributed by atoms with Crippen LogP contribution < -0.4 is 5.56 Å². The van der Waals surface area contributed by atoms with Crippen LogP contribution in [0.2, 0.25) is 5.02 Å². The maximum absolute atomic E-state index is 12.5. The van der Waals surface area contributed by atoms with Gasteiger partial charge in [-0.05, 0) is 17.7 Å². The van der Waals surface area contributed by atoms with E-state index in [4.69, 9.17) is 16.7 Å². The molecule has 0 aliphatic rings. The lowest BCUT2D eigenvalue weighted by Crippen LogP contribution is -2.17. The number of halogens is 1. The molecule has 0 saturated heterocycles. The monoisotopic (exact) mass is 370 g/mol. The molecule has 4 rings (SSSR count). The predicted octanol–water partition coefficient (Wildman–Crippen LogP) is 1.71. The molecule has 4 aromatic rings. The minimum atomic E-state index is -1.12. The fraction of sp³-hybridized carbons (Fsp3) is 0.0625. The van der Waals surface area contributed by atoms with Crippen LogP contribution in [0.3, 0.4) is 0 Å². The Labute approximate surface area is 150 Å². The minimum absolute atomic E-state index is 0.00817. The Kier molecular flexibility index (Phi) is 3.77. The number of rotatable bonds is 4. The highest BCUT2D eigenvalue weighted by molar-refractivity contribution is 6.30. The molecular formula is C16H11ClN6O3. The highest BCUT2D eigenvalue weighted by atomic mass is 35.5. The number of carboxylic acids is 1. The molecule has 0 unspecified atom stereocenters. The van der Waals surface area contributed by atoms with Crippen LogP contribution in [-0.4, -0.2) is 40.6 Å². The van der Waals surface area contributed by atoms with Crippen molar-refractivity contribution < 1.29 is 9.90 Å². The van der Waals surface area contributed by atoms with Gasteiger partial charge in [-0.1, -0.05) is 23.7 Å². The molecule has 1 aromatic carbocycles. The molecule has 0 saturated carbocycles. The minimum Gasteiger partial charge on any atom is -0.478 e. The lowest BCUT2D eigenvalue weighted by molar-refractivity contribution is 0.0697. The number of fused-ring (bicyclic) bond motifs is 1. The number of carboxylic acid groups (broad SMARTS) is 1. The van der Waals surface area contributed by atoms with Gasteiger partial charge in [0.15, 0.2) is 5.52 Å². The quantitative estimate of drug-likeness (QED) is 0.564. The zero-order valence-corrected chi connectivity index (χ0v) is 13.9. The Bertz CT molecular complexity index is 1170. The number of H-pyrrole nitrogens is 1. The molecule has 2 N–H and O–H groups in total. The van der Waals surface area contributed by atoms with Gasteiger partial charge in [-0.2, -0.15) is 10.2 Å². The van der Waals surface area contributed by atoms with Gasteiger partial charge in [0.25, 0.3) is 5.56 Å². The SMILES string of the molecule is O=C(O)c1cnn(-c2nc3cnn(Cc4ccc(Cl)cc4)c3c(=O)[nH]2)c1. The average Bonchev–Trinajstić information content (AvgIpc) is 3.25. The molecule has 0 spiro atoms. The summed E-state index contributed by atoms with van der Waals surface area (Å²) in [7, 11) is 0. The summed E-state index contributed by atoms with van der Waals surface area (Å²) in [5.74, 6) is -1.00. The molecule has 0 radical (unpaired) electrons. The summed E-state index contributed by atoms with van der Waals surface area (Å²) in [5.41, 5.74) is 1.22. The van der Waals surface area contributed by atoms with Crippen LogP contribution in [0.1, 0.15) is 15.9 Å². The maximum Gasteiger partial charge on any atom is 0.338 e. The lowest BCUT2D eigenvalue weighted by Gasteiger charge is -2.04. The molecule has 0 aliphatic carbocycles. The van der Waals surface area contributed by atoms with Crippen molar-refractivity contribution in [2.75, 3.05) is 0 Å². The molecule has 0 atom stereocenters. The molecule has 0 fully saturated rings. The molecule has 10 heteroatoms. The molecule has 26 heavy (non-hydrogen) atoms. The number of hydrogen-bond acceptors (Lipinski definition) is 5. The molecule has 130 valence electrons. The first-order chi connectivity index (χ1) is 12.5. The Morgan fingerprint density at radius 3 is 2.65 bits per heavy atom. The van der Waals surface area contributed by atoms with E-state index >= 15 is 0 Å². The molecule has 0 bridgehead atoms. The van der Waals surface area contributed by atoms with Crippen molar-refractivity contribution in [1.82, 2.24) is 29.5 Å². The number of nitrogens with zero attached hydrogens (tertiary/aromatic N) is 5. The van der Waals surface area contributed by atoms with Gasteiger partial charge in [0, 0.05) is 11.2 Å². The van der Waals surface area contributed by atoms with E-state index in [1.165, 1.54) is 23.3 Å². The van der Waals surface area contributed by atoms with Gasteiger partial charge in [0.05, 0.1) is 24.5 Å². The lowest BCUT2D eigenvalue weighted by atomic mass is 10.2. The predicted molar refractivity (Wildman–Crippen MR) is 92.8 cm³/mol.